The minimum Gasteiger partial charge on any atom is -0.477 e. The van der Waals surface area contributed by atoms with E-state index in [1.165, 1.54) is 18.5 Å². The summed E-state index contributed by atoms with van der Waals surface area (Å²) in [5, 5.41) is 39.6. The van der Waals surface area contributed by atoms with E-state index in [9.17, 15) is 48.0 Å². The van der Waals surface area contributed by atoms with Crippen LogP contribution < -0.4 is 32.0 Å². The van der Waals surface area contributed by atoms with Crippen LogP contribution in [0.4, 0.5) is 24.5 Å². The molecule has 4 fully saturated rings. The van der Waals surface area contributed by atoms with Crippen molar-refractivity contribution in [3.8, 4) is 12.1 Å². The molecule has 8 heterocycles. The molecule has 0 saturated carbocycles. The van der Waals surface area contributed by atoms with E-state index in [4.69, 9.17) is 25.1 Å². The molecule has 8 rings (SSSR count). The number of halogens is 3. The Morgan fingerprint density at radius 1 is 0.779 bits per heavy atom. The number of methoxy groups -OCH3 is 2. The minimum absolute atomic E-state index is 0.0175. The van der Waals surface area contributed by atoms with Gasteiger partial charge in [0.2, 0.25) is 0 Å². The Hall–Kier alpha value is -6.70. The predicted molar refractivity (Wildman–Crippen MR) is 243 cm³/mol. The zero-order valence-corrected chi connectivity index (χ0v) is 38.5. The fraction of sp³-hybridized carbons (Fsp3) is 0.523. The molecule has 68 heavy (non-hydrogen) atoms. The van der Waals surface area contributed by atoms with E-state index in [0.717, 1.165) is 51.9 Å². The Morgan fingerprint density at radius 2 is 1.16 bits per heavy atom. The van der Waals surface area contributed by atoms with E-state index in [2.05, 4.69) is 49.0 Å². The maximum Gasteiger partial charge on any atom is 0.490 e. The van der Waals surface area contributed by atoms with Gasteiger partial charge in [-0.1, -0.05) is 0 Å². The summed E-state index contributed by atoms with van der Waals surface area (Å²) in [5.74, 6) is -4.17. The highest BCUT2D eigenvalue weighted by molar-refractivity contribution is 6.01. The van der Waals surface area contributed by atoms with Crippen molar-refractivity contribution in [1.29, 1.82) is 10.5 Å². The monoisotopic (exact) mass is 952 g/mol. The second-order valence-electron chi connectivity index (χ2n) is 17.6. The summed E-state index contributed by atoms with van der Waals surface area (Å²) in [6.45, 7) is 10.4. The number of nitriles is 2. The second-order valence-corrected chi connectivity index (χ2v) is 17.6. The van der Waals surface area contributed by atoms with Gasteiger partial charge in [0, 0.05) is 83.4 Å². The number of aromatic carboxylic acids is 1. The van der Waals surface area contributed by atoms with Crippen LogP contribution in [0.5, 0.6) is 0 Å². The number of fused-ring (bicyclic) bond motifs is 2. The number of H-pyrrole nitrogens is 2. The third kappa shape index (κ3) is 12.4. The molecular formula is C44H55F3N12O9. The molecule has 4 aromatic heterocycles. The highest BCUT2D eigenvalue weighted by atomic mass is 19.4. The van der Waals surface area contributed by atoms with Crippen molar-refractivity contribution in [2.45, 2.75) is 69.0 Å². The number of hydrogen-bond donors (Lipinski definition) is 6. The average Bonchev–Trinajstić information content (AvgIpc) is 3.28. The van der Waals surface area contributed by atoms with Gasteiger partial charge in [0.05, 0.1) is 52.0 Å². The smallest absolute Gasteiger partial charge is 0.477 e. The fourth-order valence-corrected chi connectivity index (χ4v) is 8.07. The normalized spacial score (nSPS) is 18.2. The molecular weight excluding hydrogens is 898 g/mol. The first-order valence-electron chi connectivity index (χ1n) is 21.4. The molecule has 4 aromatic rings. The number of hydrogen-bond acceptors (Lipinski definition) is 16. The van der Waals surface area contributed by atoms with Crippen LogP contribution in [0, 0.1) is 22.7 Å². The maximum atomic E-state index is 12.7. The van der Waals surface area contributed by atoms with Crippen molar-refractivity contribution in [3.05, 3.63) is 67.7 Å². The Bertz CT molecular complexity index is 2700. The molecule has 0 aromatic carbocycles. The molecule has 0 aliphatic carbocycles. The zero-order valence-electron chi connectivity index (χ0n) is 38.5. The van der Waals surface area contributed by atoms with Crippen LogP contribution in [0.3, 0.4) is 0 Å². The van der Waals surface area contributed by atoms with Gasteiger partial charge >= 0.3 is 18.1 Å². The van der Waals surface area contributed by atoms with E-state index >= 15 is 0 Å². The lowest BCUT2D eigenvalue weighted by Gasteiger charge is -2.40. The molecule has 7 N–H and O–H groups in total. The SMILES string of the molecule is CN1CC(N)C1.COC1(C)CCN(c2c(C#N)c(=O)[nH]c3cnc(C(=O)NC4CN(C)C4)cc23)CC1.COC1(C)CCN(c2c(C#N)c(=O)[nH]c3cnc(C(=O)O)cc23)CC1.O=C(O)C(F)(F)F. The quantitative estimate of drug-likeness (QED) is 0.155. The number of piperidine rings is 2. The van der Waals surface area contributed by atoms with Gasteiger partial charge in [0.15, 0.2) is 0 Å². The Labute approximate surface area is 388 Å². The van der Waals surface area contributed by atoms with Crippen molar-refractivity contribution >= 4 is 51.0 Å². The van der Waals surface area contributed by atoms with Crippen molar-refractivity contribution in [3.63, 3.8) is 0 Å². The lowest BCUT2D eigenvalue weighted by atomic mass is 9.92. The summed E-state index contributed by atoms with van der Waals surface area (Å²) in [6, 6.07) is 7.65. The molecule has 0 bridgehead atoms. The number of nitrogens with zero attached hydrogens (tertiary/aromatic N) is 8. The van der Waals surface area contributed by atoms with Crippen LogP contribution in [0.15, 0.2) is 34.1 Å². The number of carbonyl (C=O) groups excluding carboxylic acids is 1. The van der Waals surface area contributed by atoms with Gasteiger partial charge in [0.25, 0.3) is 17.0 Å². The number of anilines is 2. The highest BCUT2D eigenvalue weighted by Crippen LogP contribution is 2.35. The van der Waals surface area contributed by atoms with Crippen molar-refractivity contribution in [2.75, 3.05) is 90.5 Å². The van der Waals surface area contributed by atoms with Gasteiger partial charge in [-0.15, -0.1) is 0 Å². The number of aliphatic carboxylic acids is 1. The average molecular weight is 953 g/mol. The lowest BCUT2D eigenvalue weighted by Crippen LogP contribution is -2.57. The molecule has 0 spiro atoms. The van der Waals surface area contributed by atoms with Gasteiger partial charge in [-0.2, -0.15) is 23.7 Å². The molecule has 366 valence electrons. The largest absolute Gasteiger partial charge is 0.490 e. The van der Waals surface area contributed by atoms with Gasteiger partial charge < -0.3 is 60.3 Å². The predicted octanol–water partition coefficient (Wildman–Crippen LogP) is 2.23. The lowest BCUT2D eigenvalue weighted by molar-refractivity contribution is -0.192. The van der Waals surface area contributed by atoms with Crippen molar-refractivity contribution in [2.24, 2.45) is 5.73 Å². The standard InChI is InChI=1S/C21H26N6O3.C17H18N4O4.C4H10N2.C2HF3O2/c1-21(30-3)4-6-27(7-5-21)18-14-8-16(20(29)24-13-11-26(2)12-13)23-10-17(14)25-19(28)15(18)9-22;1-17(25-2)3-5-21(6-4-17)14-10-7-12(16(23)24)19-9-13(10)20-15(22)11(14)8-18;1-6-2-4(5)3-6;3-2(4,5)1(6)7/h8,10,13H,4-7,11-12H2,1-3H3,(H,24,29)(H,25,28);7,9H,3-6H2,1-2H3,(H,20,22)(H,23,24);4H,2-3,5H2,1H3;(H,6,7). The Balaban J connectivity index is 0.000000203. The summed E-state index contributed by atoms with van der Waals surface area (Å²) >= 11 is 0. The number of nitrogens with one attached hydrogen (secondary N) is 3. The number of alkyl halides is 3. The molecule has 0 radical (unpaired) electrons. The number of likely N-dealkylation sites (N-methyl/N-ethyl adjacent to an activating group) is 2. The number of nitrogens with two attached hydrogens (primary N) is 1. The van der Waals surface area contributed by atoms with Gasteiger partial charge in [-0.3, -0.25) is 14.4 Å². The molecule has 4 saturated heterocycles. The van der Waals surface area contributed by atoms with Crippen LogP contribution in [0.2, 0.25) is 0 Å². The van der Waals surface area contributed by atoms with Gasteiger partial charge in [-0.05, 0) is 65.8 Å². The van der Waals surface area contributed by atoms with Crippen LogP contribution in [-0.4, -0.2) is 168 Å². The first-order valence-corrected chi connectivity index (χ1v) is 21.4. The summed E-state index contributed by atoms with van der Waals surface area (Å²) in [6.07, 6.45) is 0.742. The number of aromatic amines is 2. The summed E-state index contributed by atoms with van der Waals surface area (Å²) < 4.78 is 42.9. The molecule has 24 heteroatoms. The highest BCUT2D eigenvalue weighted by Gasteiger charge is 2.38. The molecule has 1 amide bonds. The molecule has 0 atom stereocenters. The van der Waals surface area contributed by atoms with Crippen LogP contribution in [0.25, 0.3) is 21.8 Å². The number of rotatable bonds is 7. The van der Waals surface area contributed by atoms with Crippen LogP contribution in [0.1, 0.15) is 71.6 Å². The number of amides is 1. The molecule has 4 aliphatic heterocycles. The van der Waals surface area contributed by atoms with E-state index in [-0.39, 0.29) is 45.7 Å². The minimum atomic E-state index is -5.08. The zero-order chi connectivity index (χ0) is 50.3. The number of likely N-dealkylation sites (tertiary alicyclic amines) is 2. The van der Waals surface area contributed by atoms with E-state index in [0.29, 0.717) is 65.4 Å². The van der Waals surface area contributed by atoms with Gasteiger partial charge in [-0.25, -0.2) is 19.6 Å². The third-order valence-corrected chi connectivity index (χ3v) is 12.4. The van der Waals surface area contributed by atoms with E-state index in [1.807, 2.05) is 35.9 Å². The number of carboxylic acid groups (broad SMARTS) is 2. The van der Waals surface area contributed by atoms with Crippen molar-refractivity contribution < 1.29 is 47.2 Å². The van der Waals surface area contributed by atoms with Gasteiger partial charge in [0.1, 0.15) is 34.7 Å². The molecule has 4 aliphatic rings. The van der Waals surface area contributed by atoms with E-state index in [1.54, 1.807) is 20.3 Å². The second kappa shape index (κ2) is 21.5. The first-order chi connectivity index (χ1) is 31.9. The Morgan fingerprint density at radius 3 is 1.47 bits per heavy atom. The maximum absolute atomic E-state index is 12.7. The Kier molecular flexibility index (Phi) is 16.5. The van der Waals surface area contributed by atoms with E-state index < -0.39 is 29.2 Å². The number of ether oxygens (including phenoxy) is 2. The number of pyridine rings is 4. The number of aromatic nitrogens is 4. The third-order valence-electron chi connectivity index (χ3n) is 12.4. The summed E-state index contributed by atoms with van der Waals surface area (Å²) in [5.41, 5.74) is 6.13. The number of carbonyl (C=O) groups is 3. The van der Waals surface area contributed by atoms with Crippen LogP contribution >= 0.6 is 0 Å². The topological polar surface area (TPSA) is 300 Å². The summed E-state index contributed by atoms with van der Waals surface area (Å²) in [7, 11) is 7.44. The van der Waals surface area contributed by atoms with Crippen LogP contribution in [-0.2, 0) is 14.3 Å². The molecule has 0 unspecified atom stereocenters. The molecule has 21 nitrogen and oxygen atoms in total. The van der Waals surface area contributed by atoms with Crippen molar-refractivity contribution in [1.82, 2.24) is 35.1 Å². The number of carboxylic acids is 2. The fourth-order valence-electron chi connectivity index (χ4n) is 8.07. The summed E-state index contributed by atoms with van der Waals surface area (Å²) in [4.78, 5) is 79.3. The first kappa shape index (κ1) is 52.3.